The molecule has 0 aliphatic carbocycles. The number of rotatable bonds is 6. The zero-order chi connectivity index (χ0) is 28.8. The summed E-state index contributed by atoms with van der Waals surface area (Å²) in [5.74, 6) is 0.841. The molecule has 2 aromatic carbocycles. The summed E-state index contributed by atoms with van der Waals surface area (Å²) in [5, 5.41) is 21.2. The van der Waals surface area contributed by atoms with Crippen LogP contribution in [0.3, 0.4) is 0 Å². The van der Waals surface area contributed by atoms with E-state index < -0.39 is 18.1 Å². The number of aryl methyl sites for hydroxylation is 2. The summed E-state index contributed by atoms with van der Waals surface area (Å²) >= 11 is 6.66. The summed E-state index contributed by atoms with van der Waals surface area (Å²) in [7, 11) is 0. The summed E-state index contributed by atoms with van der Waals surface area (Å²) < 4.78 is 23.5. The fraction of sp³-hybridized carbons (Fsp3) is 0.333. The molecule has 5 aromatic rings. The molecule has 0 saturated carbocycles. The average molecular weight is 577 g/mol. The van der Waals surface area contributed by atoms with Gasteiger partial charge in [-0.3, -0.25) is 9.88 Å². The summed E-state index contributed by atoms with van der Waals surface area (Å²) in [4.78, 5) is 19.5. The van der Waals surface area contributed by atoms with Crippen molar-refractivity contribution in [1.82, 2.24) is 29.4 Å². The number of hydrogen-bond donors (Lipinski definition) is 2. The molecular weight excluding hydrogens is 547 g/mol. The smallest absolute Gasteiger partial charge is 0.322 e. The van der Waals surface area contributed by atoms with Crippen molar-refractivity contribution in [2.45, 2.75) is 52.0 Å². The van der Waals surface area contributed by atoms with Crippen molar-refractivity contribution in [1.29, 1.82) is 0 Å². The monoisotopic (exact) mass is 576 g/mol. The lowest BCUT2D eigenvalue weighted by atomic mass is 10.0. The molecule has 0 bridgehead atoms. The van der Waals surface area contributed by atoms with Crippen LogP contribution in [0.1, 0.15) is 37.3 Å². The first-order chi connectivity index (χ1) is 19.7. The van der Waals surface area contributed by atoms with E-state index in [1.165, 1.54) is 6.07 Å². The SMILES string of the molecule is Cc1ccnc(Oc2ccc(-c3cc4c(cc3F)ncc3nc(C)n(C5CCN(C(O)[C@H](C)O)CC5)c34)c(Cl)c2)n1. The molecule has 4 heterocycles. The third-order valence-corrected chi connectivity index (χ3v) is 7.98. The molecule has 6 rings (SSSR count). The molecule has 3 aromatic heterocycles. The topological polar surface area (TPSA) is 109 Å². The maximum absolute atomic E-state index is 15.5. The number of ether oxygens (including phenoxy) is 1. The number of likely N-dealkylation sites (tertiary alicyclic amines) is 1. The van der Waals surface area contributed by atoms with Gasteiger partial charge in [0.25, 0.3) is 0 Å². The van der Waals surface area contributed by atoms with Crippen molar-refractivity contribution >= 4 is 33.5 Å². The summed E-state index contributed by atoms with van der Waals surface area (Å²) in [6.07, 6.45) is 3.12. The molecule has 212 valence electrons. The molecule has 11 heteroatoms. The quantitative estimate of drug-likeness (QED) is 0.270. The molecule has 2 N–H and O–H groups in total. The number of fused-ring (bicyclic) bond motifs is 3. The number of hydrogen-bond acceptors (Lipinski definition) is 8. The summed E-state index contributed by atoms with van der Waals surface area (Å²) in [6, 6.07) is 10.4. The van der Waals surface area contributed by atoms with Gasteiger partial charge in [-0.25, -0.2) is 19.3 Å². The van der Waals surface area contributed by atoms with E-state index in [-0.39, 0.29) is 12.1 Å². The highest BCUT2D eigenvalue weighted by Crippen LogP contribution is 2.38. The minimum atomic E-state index is -0.891. The number of aliphatic hydroxyl groups is 2. The van der Waals surface area contributed by atoms with Crippen LogP contribution >= 0.6 is 11.6 Å². The number of pyridine rings is 1. The van der Waals surface area contributed by atoms with Crippen molar-refractivity contribution in [2.24, 2.45) is 0 Å². The van der Waals surface area contributed by atoms with Crippen molar-refractivity contribution in [3.05, 3.63) is 71.2 Å². The molecule has 9 nitrogen and oxygen atoms in total. The standard InChI is InChI=1S/C30H30ClFN6O3/c1-16-6-9-33-30(35-16)41-20-4-5-21(24(31)12-20)22-13-23-26(14-25(22)32)34-15-27-28(23)38(18(3)36-27)19-7-10-37(11-8-19)29(40)17(2)39/h4-6,9,12-15,17,19,29,39-40H,7-8,10-11H2,1-3H3/t17-,29?/m0/s1. The Hall–Kier alpha value is -3.70. The third kappa shape index (κ3) is 5.24. The third-order valence-electron chi connectivity index (χ3n) is 7.66. The van der Waals surface area contributed by atoms with E-state index in [0.29, 0.717) is 40.5 Å². The van der Waals surface area contributed by atoms with Gasteiger partial charge in [-0.15, -0.1) is 0 Å². The molecule has 2 atom stereocenters. The van der Waals surface area contributed by atoms with Gasteiger partial charge in [0.05, 0.1) is 28.4 Å². The highest BCUT2D eigenvalue weighted by Gasteiger charge is 2.29. The highest BCUT2D eigenvalue weighted by molar-refractivity contribution is 6.33. The van der Waals surface area contributed by atoms with Crippen LogP contribution < -0.4 is 4.74 Å². The maximum Gasteiger partial charge on any atom is 0.322 e. The van der Waals surface area contributed by atoms with E-state index in [1.54, 1.807) is 49.6 Å². The van der Waals surface area contributed by atoms with Crippen LogP contribution in [-0.2, 0) is 0 Å². The number of halogens is 2. The largest absolute Gasteiger partial charge is 0.424 e. The van der Waals surface area contributed by atoms with Crippen LogP contribution in [0.15, 0.2) is 48.8 Å². The van der Waals surface area contributed by atoms with Crippen molar-refractivity contribution in [2.75, 3.05) is 13.1 Å². The molecule has 0 spiro atoms. The van der Waals surface area contributed by atoms with Gasteiger partial charge in [-0.2, -0.15) is 0 Å². The van der Waals surface area contributed by atoms with Crippen molar-refractivity contribution < 1.29 is 19.3 Å². The Kier molecular flexibility index (Phi) is 7.33. The fourth-order valence-corrected chi connectivity index (χ4v) is 5.91. The first-order valence-electron chi connectivity index (χ1n) is 13.5. The molecular formula is C30H30ClFN6O3. The maximum atomic E-state index is 15.5. The average Bonchev–Trinajstić information content (AvgIpc) is 3.29. The molecule has 1 aliphatic heterocycles. The highest BCUT2D eigenvalue weighted by atomic mass is 35.5. The Bertz CT molecular complexity index is 1750. The number of nitrogens with zero attached hydrogens (tertiary/aromatic N) is 6. The molecule has 1 fully saturated rings. The molecule has 1 saturated heterocycles. The summed E-state index contributed by atoms with van der Waals surface area (Å²) in [5.41, 5.74) is 3.77. The van der Waals surface area contributed by atoms with Gasteiger partial charge in [0.1, 0.15) is 29.1 Å². The molecule has 41 heavy (non-hydrogen) atoms. The van der Waals surface area contributed by atoms with E-state index in [4.69, 9.17) is 21.3 Å². The molecule has 1 aliphatic rings. The Balaban J connectivity index is 1.38. The minimum Gasteiger partial charge on any atom is -0.424 e. The van der Waals surface area contributed by atoms with E-state index in [9.17, 15) is 10.2 Å². The number of piperidine rings is 1. The Morgan fingerprint density at radius 3 is 2.49 bits per heavy atom. The Labute approximate surface area is 241 Å². The number of imidazole rings is 1. The van der Waals surface area contributed by atoms with Crippen LogP contribution in [0, 0.1) is 19.7 Å². The zero-order valence-electron chi connectivity index (χ0n) is 22.9. The molecule has 1 unspecified atom stereocenters. The van der Waals surface area contributed by atoms with E-state index in [0.717, 1.165) is 40.8 Å². The van der Waals surface area contributed by atoms with Gasteiger partial charge in [0, 0.05) is 59.7 Å². The van der Waals surface area contributed by atoms with Gasteiger partial charge >= 0.3 is 6.01 Å². The first kappa shape index (κ1) is 27.5. The zero-order valence-corrected chi connectivity index (χ0v) is 23.7. The van der Waals surface area contributed by atoms with Crippen LogP contribution in [-0.4, -0.2) is 65.0 Å². The molecule has 0 amide bonds. The predicted molar refractivity (Wildman–Crippen MR) is 155 cm³/mol. The van der Waals surface area contributed by atoms with Gasteiger partial charge in [-0.05, 0) is 57.9 Å². The summed E-state index contributed by atoms with van der Waals surface area (Å²) in [6.45, 7) is 6.66. The first-order valence-corrected chi connectivity index (χ1v) is 13.9. The van der Waals surface area contributed by atoms with Gasteiger partial charge in [0.15, 0.2) is 0 Å². The minimum absolute atomic E-state index is 0.125. The number of aliphatic hydroxyl groups excluding tert-OH is 2. The van der Waals surface area contributed by atoms with Crippen molar-refractivity contribution in [3.8, 4) is 22.9 Å². The van der Waals surface area contributed by atoms with E-state index in [1.807, 2.05) is 18.7 Å². The fourth-order valence-electron chi connectivity index (χ4n) is 5.64. The lowest BCUT2D eigenvalue weighted by molar-refractivity contribution is -0.0858. The van der Waals surface area contributed by atoms with Crippen LogP contribution in [0.5, 0.6) is 11.8 Å². The Morgan fingerprint density at radius 1 is 1.00 bits per heavy atom. The van der Waals surface area contributed by atoms with E-state index in [2.05, 4.69) is 19.5 Å². The van der Waals surface area contributed by atoms with Crippen LogP contribution in [0.2, 0.25) is 5.02 Å². The Morgan fingerprint density at radius 2 is 1.78 bits per heavy atom. The van der Waals surface area contributed by atoms with E-state index >= 15 is 4.39 Å². The van der Waals surface area contributed by atoms with Crippen molar-refractivity contribution in [3.63, 3.8) is 0 Å². The number of aromatic nitrogens is 5. The van der Waals surface area contributed by atoms with Crippen LogP contribution in [0.4, 0.5) is 4.39 Å². The second-order valence-corrected chi connectivity index (χ2v) is 10.9. The lowest BCUT2D eigenvalue weighted by Crippen LogP contribution is -2.46. The molecule has 0 radical (unpaired) electrons. The second kappa shape index (κ2) is 10.9. The van der Waals surface area contributed by atoms with Crippen LogP contribution in [0.25, 0.3) is 33.1 Å². The lowest BCUT2D eigenvalue weighted by Gasteiger charge is -2.37. The number of benzene rings is 2. The normalized spacial score (nSPS) is 16.4. The van der Waals surface area contributed by atoms with Gasteiger partial charge in [0.2, 0.25) is 0 Å². The van der Waals surface area contributed by atoms with Gasteiger partial charge in [-0.1, -0.05) is 11.6 Å². The van der Waals surface area contributed by atoms with Gasteiger partial charge < -0.3 is 19.5 Å². The second-order valence-electron chi connectivity index (χ2n) is 10.5. The predicted octanol–water partition coefficient (Wildman–Crippen LogP) is 5.58.